The van der Waals surface area contributed by atoms with Gasteiger partial charge in [0.25, 0.3) is 0 Å². The topological polar surface area (TPSA) is 53.4 Å². The lowest BCUT2D eigenvalue weighted by molar-refractivity contribution is -0.136. The Balaban J connectivity index is 1.75. The Morgan fingerprint density at radius 2 is 2.40 bits per heavy atom. The van der Waals surface area contributed by atoms with Gasteiger partial charge in [0.05, 0.1) is 18.2 Å². The van der Waals surface area contributed by atoms with Crippen LogP contribution in [0, 0.1) is 0 Å². The minimum absolute atomic E-state index is 0.146. The molecule has 0 fully saturated rings. The molecule has 0 bridgehead atoms. The molecule has 2 aromatic heterocycles. The van der Waals surface area contributed by atoms with Crippen molar-refractivity contribution in [2.24, 2.45) is 0 Å². The van der Waals surface area contributed by atoms with E-state index in [2.05, 4.69) is 28.3 Å². The first-order chi connectivity index (χ1) is 9.65. The third kappa shape index (κ3) is 2.58. The zero-order valence-corrected chi connectivity index (χ0v) is 12.8. The van der Waals surface area contributed by atoms with E-state index in [1.165, 1.54) is 10.4 Å². The van der Waals surface area contributed by atoms with Gasteiger partial charge in [-0.15, -0.1) is 22.7 Å². The fourth-order valence-corrected chi connectivity index (χ4v) is 4.48. The normalized spacial score (nSPS) is 18.1. The Kier molecular flexibility index (Phi) is 3.76. The maximum atomic E-state index is 10.6. The Bertz CT molecular complexity index is 620. The van der Waals surface area contributed by atoms with Crippen LogP contribution in [0.5, 0.6) is 0 Å². The van der Waals surface area contributed by atoms with Crippen molar-refractivity contribution in [2.45, 2.75) is 32.2 Å². The number of nitrogens with zero attached hydrogens (tertiary/aromatic N) is 2. The Labute approximate surface area is 125 Å². The maximum absolute atomic E-state index is 10.6. The molecule has 1 unspecified atom stereocenters. The van der Waals surface area contributed by atoms with Gasteiger partial charge in [0, 0.05) is 23.2 Å². The number of hydrogen-bond donors (Lipinski definition) is 1. The number of rotatable bonds is 4. The number of thiazole rings is 1. The molecule has 1 N–H and O–H groups in total. The fraction of sp³-hybridized carbons (Fsp3) is 0.429. The molecule has 1 atom stereocenters. The number of anilines is 1. The third-order valence-electron chi connectivity index (χ3n) is 3.66. The summed E-state index contributed by atoms with van der Waals surface area (Å²) in [6.45, 7) is 3.20. The highest BCUT2D eigenvalue weighted by Gasteiger charge is 2.26. The van der Waals surface area contributed by atoms with Crippen molar-refractivity contribution in [1.29, 1.82) is 0 Å². The van der Waals surface area contributed by atoms with Gasteiger partial charge in [0.2, 0.25) is 0 Å². The van der Waals surface area contributed by atoms with Crippen LogP contribution in [0.15, 0.2) is 16.8 Å². The van der Waals surface area contributed by atoms with Crippen LogP contribution >= 0.6 is 22.7 Å². The van der Waals surface area contributed by atoms with Crippen molar-refractivity contribution >= 4 is 33.8 Å². The van der Waals surface area contributed by atoms with Crippen LogP contribution in [0.1, 0.15) is 35.5 Å². The predicted octanol–water partition coefficient (Wildman–Crippen LogP) is 3.35. The number of aryl methyl sites for hydroxylation is 1. The molecule has 0 aromatic carbocycles. The van der Waals surface area contributed by atoms with E-state index in [1.54, 1.807) is 11.3 Å². The lowest BCUT2D eigenvalue weighted by Crippen LogP contribution is -2.32. The van der Waals surface area contributed by atoms with E-state index in [1.807, 2.05) is 16.7 Å². The molecule has 1 aliphatic rings. The minimum Gasteiger partial charge on any atom is -0.481 e. The standard InChI is InChI=1S/C14H16N2O2S2/c1-9-11-5-7-19-12(11)4-6-16(9)14-15-10(8-20-14)2-3-13(17)18/h5,7-9H,2-4,6H2,1H3,(H,17,18). The van der Waals surface area contributed by atoms with E-state index in [4.69, 9.17) is 5.11 Å². The smallest absolute Gasteiger partial charge is 0.303 e. The highest BCUT2D eigenvalue weighted by atomic mass is 32.1. The fourth-order valence-electron chi connectivity index (χ4n) is 2.55. The summed E-state index contributed by atoms with van der Waals surface area (Å²) in [6, 6.07) is 2.55. The van der Waals surface area contributed by atoms with Gasteiger partial charge < -0.3 is 10.0 Å². The van der Waals surface area contributed by atoms with Crippen LogP contribution < -0.4 is 4.90 Å². The first kappa shape index (κ1) is 13.6. The van der Waals surface area contributed by atoms with Crippen molar-refractivity contribution in [3.8, 4) is 0 Å². The number of carboxylic acids is 1. The molecule has 3 rings (SSSR count). The van der Waals surface area contributed by atoms with Gasteiger partial charge in [-0.05, 0) is 30.4 Å². The molecular weight excluding hydrogens is 292 g/mol. The molecule has 0 radical (unpaired) electrons. The van der Waals surface area contributed by atoms with Gasteiger partial charge >= 0.3 is 5.97 Å². The Hall–Kier alpha value is -1.40. The minimum atomic E-state index is -0.770. The highest BCUT2D eigenvalue weighted by Crippen LogP contribution is 2.37. The average Bonchev–Trinajstić information content (AvgIpc) is 3.05. The van der Waals surface area contributed by atoms with Gasteiger partial charge in [-0.2, -0.15) is 0 Å². The number of hydrogen-bond acceptors (Lipinski definition) is 5. The second kappa shape index (κ2) is 5.54. The monoisotopic (exact) mass is 308 g/mol. The Morgan fingerprint density at radius 3 is 3.20 bits per heavy atom. The SMILES string of the molecule is CC1c2ccsc2CCN1c1nc(CCC(=O)O)cs1. The molecule has 3 heterocycles. The highest BCUT2D eigenvalue weighted by molar-refractivity contribution is 7.13. The molecular formula is C14H16N2O2S2. The van der Waals surface area contributed by atoms with Gasteiger partial charge in [0.15, 0.2) is 5.13 Å². The molecule has 0 saturated carbocycles. The zero-order chi connectivity index (χ0) is 14.1. The van der Waals surface area contributed by atoms with Crippen molar-refractivity contribution in [3.63, 3.8) is 0 Å². The van der Waals surface area contributed by atoms with Crippen LogP contribution in [0.4, 0.5) is 5.13 Å². The van der Waals surface area contributed by atoms with E-state index in [-0.39, 0.29) is 6.42 Å². The van der Waals surface area contributed by atoms with Gasteiger partial charge in [-0.1, -0.05) is 0 Å². The number of thiophene rings is 1. The van der Waals surface area contributed by atoms with Crippen LogP contribution in [-0.2, 0) is 17.6 Å². The maximum Gasteiger partial charge on any atom is 0.303 e. The lowest BCUT2D eigenvalue weighted by atomic mass is 10.0. The molecule has 6 heteroatoms. The van der Waals surface area contributed by atoms with Crippen LogP contribution in [-0.4, -0.2) is 22.6 Å². The zero-order valence-electron chi connectivity index (χ0n) is 11.2. The van der Waals surface area contributed by atoms with Crippen molar-refractivity contribution in [1.82, 2.24) is 4.98 Å². The summed E-state index contributed by atoms with van der Waals surface area (Å²) < 4.78 is 0. The summed E-state index contributed by atoms with van der Waals surface area (Å²) in [5.41, 5.74) is 2.29. The summed E-state index contributed by atoms with van der Waals surface area (Å²) in [5.74, 6) is -0.770. The number of fused-ring (bicyclic) bond motifs is 1. The first-order valence-corrected chi connectivity index (χ1v) is 8.40. The van der Waals surface area contributed by atoms with E-state index >= 15 is 0 Å². The first-order valence-electron chi connectivity index (χ1n) is 6.64. The molecule has 106 valence electrons. The second-order valence-electron chi connectivity index (χ2n) is 4.93. The number of carbonyl (C=O) groups is 1. The second-order valence-corrected chi connectivity index (χ2v) is 6.77. The van der Waals surface area contributed by atoms with Crippen molar-refractivity contribution in [3.05, 3.63) is 33.0 Å². The quantitative estimate of drug-likeness (QED) is 0.941. The van der Waals surface area contributed by atoms with Crippen LogP contribution in [0.3, 0.4) is 0 Å². The lowest BCUT2D eigenvalue weighted by Gasteiger charge is -2.33. The summed E-state index contributed by atoms with van der Waals surface area (Å²) in [6.07, 6.45) is 1.73. The van der Waals surface area contributed by atoms with E-state index in [0.29, 0.717) is 12.5 Å². The number of aromatic nitrogens is 1. The van der Waals surface area contributed by atoms with Gasteiger partial charge in [-0.25, -0.2) is 4.98 Å². The average molecular weight is 308 g/mol. The third-order valence-corrected chi connectivity index (χ3v) is 5.58. The Morgan fingerprint density at radius 1 is 1.55 bits per heavy atom. The van der Waals surface area contributed by atoms with Crippen LogP contribution in [0.25, 0.3) is 0 Å². The number of carboxylic acid groups (broad SMARTS) is 1. The summed E-state index contributed by atoms with van der Waals surface area (Å²) >= 11 is 3.45. The van der Waals surface area contributed by atoms with E-state index in [0.717, 1.165) is 23.8 Å². The van der Waals surface area contributed by atoms with Crippen LogP contribution in [0.2, 0.25) is 0 Å². The summed E-state index contributed by atoms with van der Waals surface area (Å²) in [5, 5.41) is 13.9. The summed E-state index contributed by atoms with van der Waals surface area (Å²) in [7, 11) is 0. The molecule has 0 amide bonds. The molecule has 20 heavy (non-hydrogen) atoms. The molecule has 1 aliphatic heterocycles. The molecule has 0 aliphatic carbocycles. The van der Waals surface area contributed by atoms with E-state index < -0.39 is 5.97 Å². The largest absolute Gasteiger partial charge is 0.481 e. The molecule has 0 spiro atoms. The van der Waals surface area contributed by atoms with Gasteiger partial charge in [0.1, 0.15) is 0 Å². The van der Waals surface area contributed by atoms with Crippen molar-refractivity contribution < 1.29 is 9.90 Å². The molecule has 0 saturated heterocycles. The van der Waals surface area contributed by atoms with E-state index in [9.17, 15) is 4.79 Å². The number of aliphatic carboxylic acids is 1. The molecule has 2 aromatic rings. The van der Waals surface area contributed by atoms with Gasteiger partial charge in [-0.3, -0.25) is 4.79 Å². The predicted molar refractivity (Wildman–Crippen MR) is 81.9 cm³/mol. The van der Waals surface area contributed by atoms with Crippen molar-refractivity contribution in [2.75, 3.05) is 11.4 Å². The summed E-state index contributed by atoms with van der Waals surface area (Å²) in [4.78, 5) is 19.0. The molecule has 4 nitrogen and oxygen atoms in total.